The molecule has 6 nitrogen and oxygen atoms in total. The molecule has 1 heterocycles. The molecule has 2 aromatic rings. The zero-order chi connectivity index (χ0) is 18.6. The normalized spacial score (nSPS) is 12.9. The Morgan fingerprint density at radius 1 is 1.28 bits per heavy atom. The molecule has 0 radical (unpaired) electrons. The molecule has 0 aliphatic carbocycles. The number of para-hydroxylation sites is 2. The van der Waals surface area contributed by atoms with Crippen LogP contribution in [0.3, 0.4) is 0 Å². The van der Waals surface area contributed by atoms with Crippen molar-refractivity contribution < 1.29 is 9.53 Å². The number of carbonyl (C=O) groups is 1. The van der Waals surface area contributed by atoms with Crippen LogP contribution in [-0.2, 0) is 4.74 Å². The van der Waals surface area contributed by atoms with E-state index >= 15 is 0 Å². The number of carbonyl (C=O) groups excluding carboxylic acids is 1. The predicted octanol–water partition coefficient (Wildman–Crippen LogP) is 4.03. The summed E-state index contributed by atoms with van der Waals surface area (Å²) in [5.41, 5.74) is 1.52. The maximum Gasteiger partial charge on any atom is 0.410 e. The van der Waals surface area contributed by atoms with Crippen molar-refractivity contribution in [2.75, 3.05) is 25.5 Å². The van der Waals surface area contributed by atoms with Crippen molar-refractivity contribution in [2.24, 2.45) is 0 Å². The van der Waals surface area contributed by atoms with E-state index in [1.807, 2.05) is 52.1 Å². The first-order chi connectivity index (χ1) is 11.7. The van der Waals surface area contributed by atoms with Crippen molar-refractivity contribution in [1.29, 1.82) is 0 Å². The minimum Gasteiger partial charge on any atom is -0.444 e. The second-order valence-electron chi connectivity index (χ2n) is 7.44. The van der Waals surface area contributed by atoms with Crippen molar-refractivity contribution in [1.82, 2.24) is 14.9 Å². The lowest BCUT2D eigenvalue weighted by Gasteiger charge is -2.29. The van der Waals surface area contributed by atoms with E-state index < -0.39 is 5.60 Å². The lowest BCUT2D eigenvalue weighted by atomic mass is 10.1. The summed E-state index contributed by atoms with van der Waals surface area (Å²) in [5.74, 6) is 0.855. The molecule has 6 heteroatoms. The van der Waals surface area contributed by atoms with Gasteiger partial charge in [0.25, 0.3) is 0 Å². The third-order valence-corrected chi connectivity index (χ3v) is 4.23. The number of fused-ring (bicyclic) bond motifs is 1. The van der Waals surface area contributed by atoms with Gasteiger partial charge in [-0.3, -0.25) is 0 Å². The van der Waals surface area contributed by atoms with Crippen LogP contribution < -0.4 is 4.90 Å². The van der Waals surface area contributed by atoms with E-state index in [0.29, 0.717) is 6.54 Å². The van der Waals surface area contributed by atoms with Crippen LogP contribution in [0.1, 0.15) is 40.5 Å². The average Bonchev–Trinajstić information content (AvgIpc) is 2.97. The van der Waals surface area contributed by atoms with Crippen LogP contribution in [0, 0.1) is 0 Å². The van der Waals surface area contributed by atoms with Gasteiger partial charge >= 0.3 is 6.09 Å². The molecule has 0 aliphatic heterocycles. The highest BCUT2D eigenvalue weighted by Gasteiger charge is 2.22. The number of imidazole rings is 1. The SMILES string of the molecule is CCC(CCN(C)C(=O)OC(C)(C)C)N(C)c1nc2ccccc2[nH]1. The summed E-state index contributed by atoms with van der Waals surface area (Å²) in [6.07, 6.45) is 1.53. The number of hydrogen-bond donors (Lipinski definition) is 1. The Morgan fingerprint density at radius 2 is 1.96 bits per heavy atom. The van der Waals surface area contributed by atoms with Crippen LogP contribution in [0.25, 0.3) is 11.0 Å². The van der Waals surface area contributed by atoms with Crippen LogP contribution in [0.5, 0.6) is 0 Å². The Hall–Kier alpha value is -2.24. The topological polar surface area (TPSA) is 61.5 Å². The van der Waals surface area contributed by atoms with Crippen LogP contribution >= 0.6 is 0 Å². The molecule has 0 fully saturated rings. The first-order valence-electron chi connectivity index (χ1n) is 8.83. The Morgan fingerprint density at radius 3 is 2.56 bits per heavy atom. The van der Waals surface area contributed by atoms with Gasteiger partial charge in [-0.1, -0.05) is 19.1 Å². The fourth-order valence-electron chi connectivity index (χ4n) is 2.72. The van der Waals surface area contributed by atoms with Crippen LogP contribution in [0.4, 0.5) is 10.7 Å². The van der Waals surface area contributed by atoms with Gasteiger partial charge < -0.3 is 19.5 Å². The number of nitrogens with zero attached hydrogens (tertiary/aromatic N) is 3. The minimum absolute atomic E-state index is 0.283. The van der Waals surface area contributed by atoms with E-state index in [1.165, 1.54) is 0 Å². The molecule has 2 rings (SSSR count). The Balaban J connectivity index is 1.98. The van der Waals surface area contributed by atoms with Crippen molar-refractivity contribution in [3.8, 4) is 0 Å². The molecule has 138 valence electrons. The molecule has 0 saturated carbocycles. The quantitative estimate of drug-likeness (QED) is 0.858. The fourth-order valence-corrected chi connectivity index (χ4v) is 2.72. The molecular formula is C19H30N4O2. The number of benzene rings is 1. The molecule has 0 aliphatic rings. The molecule has 1 atom stereocenters. The Kier molecular flexibility index (Phi) is 5.93. The summed E-state index contributed by atoms with van der Waals surface area (Å²) < 4.78 is 5.41. The van der Waals surface area contributed by atoms with Gasteiger partial charge in [0.05, 0.1) is 11.0 Å². The molecule has 1 aromatic heterocycles. The molecule has 0 spiro atoms. The first-order valence-corrected chi connectivity index (χ1v) is 8.83. The van der Waals surface area contributed by atoms with E-state index in [-0.39, 0.29) is 12.1 Å². The van der Waals surface area contributed by atoms with Gasteiger partial charge in [0.2, 0.25) is 5.95 Å². The minimum atomic E-state index is -0.472. The highest BCUT2D eigenvalue weighted by Crippen LogP contribution is 2.20. The average molecular weight is 346 g/mol. The second kappa shape index (κ2) is 7.76. The summed E-state index contributed by atoms with van der Waals surface area (Å²) in [4.78, 5) is 23.9. The highest BCUT2D eigenvalue weighted by atomic mass is 16.6. The molecule has 25 heavy (non-hydrogen) atoms. The largest absolute Gasteiger partial charge is 0.444 e. The van der Waals surface area contributed by atoms with Gasteiger partial charge in [-0.2, -0.15) is 0 Å². The zero-order valence-electron chi connectivity index (χ0n) is 16.2. The highest BCUT2D eigenvalue weighted by molar-refractivity contribution is 5.77. The third kappa shape index (κ3) is 5.11. The maximum absolute atomic E-state index is 12.1. The van der Waals surface area contributed by atoms with Gasteiger partial charge in [0.1, 0.15) is 5.60 Å². The Bertz CT molecular complexity index is 672. The molecule has 1 aromatic carbocycles. The molecular weight excluding hydrogens is 316 g/mol. The summed E-state index contributed by atoms with van der Waals surface area (Å²) in [7, 11) is 3.82. The molecule has 1 N–H and O–H groups in total. The molecule has 0 saturated heterocycles. The van der Waals surface area contributed by atoms with Gasteiger partial charge in [-0.25, -0.2) is 9.78 Å². The van der Waals surface area contributed by atoms with E-state index in [4.69, 9.17) is 4.74 Å². The van der Waals surface area contributed by atoms with E-state index in [0.717, 1.165) is 29.8 Å². The van der Waals surface area contributed by atoms with Crippen molar-refractivity contribution >= 4 is 23.1 Å². The number of rotatable bonds is 6. The third-order valence-electron chi connectivity index (χ3n) is 4.23. The monoisotopic (exact) mass is 346 g/mol. The summed E-state index contributed by atoms with van der Waals surface area (Å²) in [5, 5.41) is 0. The zero-order valence-corrected chi connectivity index (χ0v) is 16.2. The van der Waals surface area contributed by atoms with Crippen molar-refractivity contribution in [3.05, 3.63) is 24.3 Å². The van der Waals surface area contributed by atoms with Crippen molar-refractivity contribution in [3.63, 3.8) is 0 Å². The molecule has 1 unspecified atom stereocenters. The van der Waals surface area contributed by atoms with E-state index in [1.54, 1.807) is 11.9 Å². The fraction of sp³-hybridized carbons (Fsp3) is 0.579. The smallest absolute Gasteiger partial charge is 0.410 e. The number of hydrogen-bond acceptors (Lipinski definition) is 4. The number of H-pyrrole nitrogens is 1. The molecule has 0 bridgehead atoms. The molecule has 1 amide bonds. The number of amides is 1. The lowest BCUT2D eigenvalue weighted by molar-refractivity contribution is 0.0294. The van der Waals surface area contributed by atoms with Gasteiger partial charge in [-0.15, -0.1) is 0 Å². The van der Waals surface area contributed by atoms with E-state index in [9.17, 15) is 4.79 Å². The number of aromatic amines is 1. The van der Waals surface area contributed by atoms with Gasteiger partial charge in [0.15, 0.2) is 0 Å². The van der Waals surface area contributed by atoms with Crippen LogP contribution in [0.2, 0.25) is 0 Å². The first kappa shape index (κ1) is 19.1. The van der Waals surface area contributed by atoms with Gasteiger partial charge in [0, 0.05) is 26.7 Å². The van der Waals surface area contributed by atoms with Crippen LogP contribution in [-0.4, -0.2) is 53.2 Å². The number of ether oxygens (including phenoxy) is 1. The Labute approximate surface area is 150 Å². The van der Waals surface area contributed by atoms with Gasteiger partial charge in [-0.05, 0) is 45.7 Å². The second-order valence-corrected chi connectivity index (χ2v) is 7.44. The van der Waals surface area contributed by atoms with E-state index in [2.05, 4.69) is 21.8 Å². The summed E-state index contributed by atoms with van der Waals surface area (Å²) >= 11 is 0. The van der Waals surface area contributed by atoms with Crippen LogP contribution in [0.15, 0.2) is 24.3 Å². The number of aromatic nitrogens is 2. The van der Waals surface area contributed by atoms with Crippen molar-refractivity contribution in [2.45, 2.75) is 52.2 Å². The lowest BCUT2D eigenvalue weighted by Crippen LogP contribution is -2.39. The summed E-state index contributed by atoms with van der Waals surface area (Å²) in [6, 6.07) is 8.29. The number of nitrogens with one attached hydrogen (secondary N) is 1. The summed E-state index contributed by atoms with van der Waals surface area (Å²) in [6.45, 7) is 8.42. The standard InChI is InChI=1S/C19H30N4O2/c1-7-14(12-13-22(5)18(24)25-19(2,3)4)23(6)17-20-15-10-8-9-11-16(15)21-17/h8-11,14H,7,12-13H2,1-6H3,(H,20,21). The number of anilines is 1. The predicted molar refractivity (Wildman–Crippen MR) is 102 cm³/mol. The maximum atomic E-state index is 12.1.